The maximum absolute atomic E-state index is 11.4. The van der Waals surface area contributed by atoms with Gasteiger partial charge in [0.05, 0.1) is 34.0 Å². The Morgan fingerprint density at radius 1 is 1.17 bits per heavy atom. The average Bonchev–Trinajstić information content (AvgIpc) is 3.22. The van der Waals surface area contributed by atoms with Gasteiger partial charge in [0.25, 0.3) is 11.4 Å². The van der Waals surface area contributed by atoms with E-state index in [-0.39, 0.29) is 29.5 Å². The van der Waals surface area contributed by atoms with Gasteiger partial charge in [0, 0.05) is 17.3 Å². The summed E-state index contributed by atoms with van der Waals surface area (Å²) in [5.74, 6) is 0.286. The summed E-state index contributed by atoms with van der Waals surface area (Å²) in [6, 6.07) is 10.5. The summed E-state index contributed by atoms with van der Waals surface area (Å²) < 4.78 is 17.1. The lowest BCUT2D eigenvalue weighted by atomic mass is 9.84. The third kappa shape index (κ3) is 4.34. The standard InChI is InChI=1S/C23H20N6O7/c1-3-34-19-8-13(21-16(10-24)22(25)36-23-20(21)12(2)26-27-23)5-7-18(19)35-11-14-4-6-15(28(30)31)9-17(14)29(32)33/h4-9,21H,3,11,25H2,1-2H3,(H,26,27). The van der Waals surface area contributed by atoms with E-state index in [1.54, 1.807) is 32.0 Å². The lowest BCUT2D eigenvalue weighted by Crippen LogP contribution is -2.21. The molecule has 1 aliphatic rings. The molecule has 0 saturated heterocycles. The molecule has 13 nitrogen and oxygen atoms in total. The number of allylic oxidation sites excluding steroid dienone is 1. The maximum atomic E-state index is 11.4. The van der Waals surface area contributed by atoms with Crippen LogP contribution >= 0.6 is 0 Å². The molecule has 184 valence electrons. The predicted molar refractivity (Wildman–Crippen MR) is 124 cm³/mol. The van der Waals surface area contributed by atoms with E-state index in [1.165, 1.54) is 12.1 Å². The number of ether oxygens (including phenoxy) is 3. The second-order valence-corrected chi connectivity index (χ2v) is 7.75. The normalized spacial score (nSPS) is 14.4. The van der Waals surface area contributed by atoms with Crippen LogP contribution in [0.2, 0.25) is 0 Å². The number of fused-ring (bicyclic) bond motifs is 1. The van der Waals surface area contributed by atoms with Crippen LogP contribution in [-0.2, 0) is 6.61 Å². The minimum atomic E-state index is -0.705. The Hall–Kier alpha value is -5.12. The number of H-pyrrole nitrogens is 1. The number of aromatic amines is 1. The van der Waals surface area contributed by atoms with Crippen molar-refractivity contribution >= 4 is 11.4 Å². The van der Waals surface area contributed by atoms with Gasteiger partial charge >= 0.3 is 0 Å². The molecule has 36 heavy (non-hydrogen) atoms. The first-order valence-electron chi connectivity index (χ1n) is 10.7. The number of nitrogens with one attached hydrogen (secondary N) is 1. The number of hydrogen-bond donors (Lipinski definition) is 2. The number of aromatic nitrogens is 2. The van der Waals surface area contributed by atoms with Crippen molar-refractivity contribution in [3.05, 3.63) is 90.5 Å². The molecular formula is C23H20N6O7. The van der Waals surface area contributed by atoms with Crippen molar-refractivity contribution in [3.8, 4) is 23.4 Å². The zero-order chi connectivity index (χ0) is 26.0. The number of nitriles is 1. The van der Waals surface area contributed by atoms with Gasteiger partial charge in [-0.15, -0.1) is 5.10 Å². The molecule has 1 unspecified atom stereocenters. The topological polar surface area (TPSA) is 192 Å². The first-order valence-corrected chi connectivity index (χ1v) is 10.7. The zero-order valence-corrected chi connectivity index (χ0v) is 19.2. The molecule has 2 aromatic carbocycles. The van der Waals surface area contributed by atoms with Crippen molar-refractivity contribution in [2.45, 2.75) is 26.4 Å². The second-order valence-electron chi connectivity index (χ2n) is 7.75. The van der Waals surface area contributed by atoms with E-state index in [1.807, 2.05) is 0 Å². The maximum Gasteiger partial charge on any atom is 0.282 e. The number of nitro benzene ring substituents is 2. The molecule has 0 spiro atoms. The van der Waals surface area contributed by atoms with Crippen LogP contribution in [0.15, 0.2) is 47.9 Å². The highest BCUT2D eigenvalue weighted by Crippen LogP contribution is 2.44. The Bertz CT molecular complexity index is 1440. The van der Waals surface area contributed by atoms with Crippen LogP contribution in [0.25, 0.3) is 0 Å². The zero-order valence-electron chi connectivity index (χ0n) is 19.2. The molecule has 13 heteroatoms. The third-order valence-corrected chi connectivity index (χ3v) is 5.59. The molecule has 0 bridgehead atoms. The number of rotatable bonds is 8. The molecule has 3 N–H and O–H groups in total. The molecule has 1 atom stereocenters. The van der Waals surface area contributed by atoms with Crippen LogP contribution < -0.4 is 19.9 Å². The third-order valence-electron chi connectivity index (χ3n) is 5.59. The molecule has 0 radical (unpaired) electrons. The first kappa shape index (κ1) is 24.0. The first-order chi connectivity index (χ1) is 17.2. The molecule has 0 saturated carbocycles. The fourth-order valence-corrected chi connectivity index (χ4v) is 3.94. The van der Waals surface area contributed by atoms with Crippen molar-refractivity contribution < 1.29 is 24.1 Å². The number of nitrogens with two attached hydrogens (primary N) is 1. The number of benzene rings is 2. The number of non-ortho nitro benzene ring substituents is 1. The van der Waals surface area contributed by atoms with Gasteiger partial charge < -0.3 is 19.9 Å². The van der Waals surface area contributed by atoms with E-state index in [9.17, 15) is 25.5 Å². The van der Waals surface area contributed by atoms with Crippen molar-refractivity contribution in [2.75, 3.05) is 6.61 Å². The molecule has 3 aromatic rings. The summed E-state index contributed by atoms with van der Waals surface area (Å²) in [7, 11) is 0. The van der Waals surface area contributed by atoms with Crippen LogP contribution in [-0.4, -0.2) is 26.7 Å². The van der Waals surface area contributed by atoms with E-state index in [4.69, 9.17) is 19.9 Å². The van der Waals surface area contributed by atoms with Gasteiger partial charge in [0.15, 0.2) is 11.5 Å². The van der Waals surface area contributed by atoms with Crippen LogP contribution in [0.4, 0.5) is 11.4 Å². The Kier molecular flexibility index (Phi) is 6.42. The van der Waals surface area contributed by atoms with Crippen LogP contribution in [0.5, 0.6) is 17.4 Å². The van der Waals surface area contributed by atoms with Crippen molar-refractivity contribution in [1.82, 2.24) is 10.2 Å². The number of hydrogen-bond acceptors (Lipinski definition) is 10. The lowest BCUT2D eigenvalue weighted by Gasteiger charge is -2.24. The average molecular weight is 492 g/mol. The summed E-state index contributed by atoms with van der Waals surface area (Å²) in [5, 5.41) is 39.1. The molecular weight excluding hydrogens is 472 g/mol. The molecule has 0 amide bonds. The van der Waals surface area contributed by atoms with Gasteiger partial charge in [0.1, 0.15) is 18.2 Å². The van der Waals surface area contributed by atoms with E-state index < -0.39 is 27.1 Å². The summed E-state index contributed by atoms with van der Waals surface area (Å²) in [6.45, 7) is 3.65. The molecule has 0 aliphatic carbocycles. The van der Waals surface area contributed by atoms with Crippen molar-refractivity contribution in [1.29, 1.82) is 5.26 Å². The molecule has 2 heterocycles. The van der Waals surface area contributed by atoms with Gasteiger partial charge in [-0.05, 0) is 37.6 Å². The Morgan fingerprint density at radius 2 is 1.94 bits per heavy atom. The van der Waals surface area contributed by atoms with Gasteiger partial charge in [-0.25, -0.2) is 0 Å². The van der Waals surface area contributed by atoms with Gasteiger partial charge in [-0.2, -0.15) is 5.26 Å². The Labute approximate surface area is 204 Å². The SMILES string of the molecule is CCOc1cc(C2C(C#N)=C(N)Oc3n[nH]c(C)c32)ccc1OCc1ccc([N+](=O)[O-])cc1[N+](=O)[O-]. The Morgan fingerprint density at radius 3 is 2.61 bits per heavy atom. The van der Waals surface area contributed by atoms with Gasteiger partial charge in [0.2, 0.25) is 11.8 Å². The highest BCUT2D eigenvalue weighted by Gasteiger charge is 2.34. The Balaban J connectivity index is 1.69. The molecule has 1 aliphatic heterocycles. The largest absolute Gasteiger partial charge is 0.490 e. The minimum Gasteiger partial charge on any atom is -0.490 e. The van der Waals surface area contributed by atoms with Gasteiger partial charge in [-0.3, -0.25) is 25.3 Å². The fourth-order valence-electron chi connectivity index (χ4n) is 3.94. The number of nitrogens with zero attached hydrogens (tertiary/aromatic N) is 4. The summed E-state index contributed by atoms with van der Waals surface area (Å²) >= 11 is 0. The molecule has 0 fully saturated rings. The summed E-state index contributed by atoms with van der Waals surface area (Å²) in [5.41, 5.74) is 7.56. The monoisotopic (exact) mass is 492 g/mol. The van der Waals surface area contributed by atoms with E-state index in [0.29, 0.717) is 34.9 Å². The van der Waals surface area contributed by atoms with E-state index in [2.05, 4.69) is 16.3 Å². The van der Waals surface area contributed by atoms with Gasteiger partial charge in [-0.1, -0.05) is 6.07 Å². The van der Waals surface area contributed by atoms with Crippen molar-refractivity contribution in [2.24, 2.45) is 5.73 Å². The van der Waals surface area contributed by atoms with E-state index in [0.717, 1.165) is 6.07 Å². The van der Waals surface area contributed by atoms with Crippen LogP contribution in [0, 0.1) is 38.5 Å². The van der Waals surface area contributed by atoms with Crippen LogP contribution in [0.3, 0.4) is 0 Å². The molecule has 4 rings (SSSR count). The summed E-state index contributed by atoms with van der Waals surface area (Å²) in [4.78, 5) is 21.0. The predicted octanol–water partition coefficient (Wildman–Crippen LogP) is 3.73. The molecule has 1 aromatic heterocycles. The highest BCUT2D eigenvalue weighted by molar-refractivity contribution is 5.57. The van der Waals surface area contributed by atoms with Crippen LogP contribution in [0.1, 0.15) is 35.2 Å². The highest BCUT2D eigenvalue weighted by atomic mass is 16.6. The quantitative estimate of drug-likeness (QED) is 0.345. The number of aryl methyl sites for hydroxylation is 1. The second kappa shape index (κ2) is 9.63. The lowest BCUT2D eigenvalue weighted by molar-refractivity contribution is -0.394. The summed E-state index contributed by atoms with van der Waals surface area (Å²) in [6.07, 6.45) is 0. The van der Waals surface area contributed by atoms with E-state index >= 15 is 0 Å². The minimum absolute atomic E-state index is 0.0507. The number of nitro groups is 2. The van der Waals surface area contributed by atoms with Crippen molar-refractivity contribution in [3.63, 3.8) is 0 Å². The smallest absolute Gasteiger partial charge is 0.282 e. The fraction of sp³-hybridized carbons (Fsp3) is 0.217.